The third-order valence-corrected chi connectivity index (χ3v) is 3.65. The zero-order valence-corrected chi connectivity index (χ0v) is 10.2. The third-order valence-electron chi connectivity index (χ3n) is 3.65. The van der Waals surface area contributed by atoms with Gasteiger partial charge in [-0.3, -0.25) is 4.90 Å². The molecule has 2 heterocycles. The predicted molar refractivity (Wildman–Crippen MR) is 66.1 cm³/mol. The standard InChI is InChI=1S/C14H17NO3/c16-14-15-12(6-7-13(15)10-18-14)9-17-8-11-4-2-1-3-5-11/h1-5,12-13H,6-10H2/t12-,13-/m1/s1. The Morgan fingerprint density at radius 3 is 2.94 bits per heavy atom. The molecule has 0 aliphatic carbocycles. The van der Waals surface area contributed by atoms with Gasteiger partial charge in [0.25, 0.3) is 0 Å². The maximum atomic E-state index is 11.5. The zero-order chi connectivity index (χ0) is 12.4. The Kier molecular flexibility index (Phi) is 3.19. The number of hydrogen-bond acceptors (Lipinski definition) is 3. The Morgan fingerprint density at radius 1 is 1.28 bits per heavy atom. The van der Waals surface area contributed by atoms with Crippen LogP contribution in [-0.2, 0) is 16.1 Å². The monoisotopic (exact) mass is 247 g/mol. The lowest BCUT2D eigenvalue weighted by atomic mass is 10.2. The first-order chi connectivity index (χ1) is 8.84. The number of rotatable bonds is 4. The number of ether oxygens (including phenoxy) is 2. The number of hydrogen-bond donors (Lipinski definition) is 0. The molecule has 4 heteroatoms. The first kappa shape index (κ1) is 11.5. The second-order valence-corrected chi connectivity index (χ2v) is 4.87. The van der Waals surface area contributed by atoms with Crippen LogP contribution in [0.3, 0.4) is 0 Å². The van der Waals surface area contributed by atoms with E-state index in [4.69, 9.17) is 9.47 Å². The van der Waals surface area contributed by atoms with E-state index >= 15 is 0 Å². The Morgan fingerprint density at radius 2 is 2.11 bits per heavy atom. The van der Waals surface area contributed by atoms with Crippen molar-refractivity contribution in [3.05, 3.63) is 35.9 Å². The molecule has 0 unspecified atom stereocenters. The average Bonchev–Trinajstić information content (AvgIpc) is 2.96. The summed E-state index contributed by atoms with van der Waals surface area (Å²) in [6.45, 7) is 1.75. The number of fused-ring (bicyclic) bond motifs is 1. The van der Waals surface area contributed by atoms with Gasteiger partial charge in [0.05, 0.1) is 25.3 Å². The van der Waals surface area contributed by atoms with E-state index in [1.54, 1.807) is 0 Å². The molecule has 0 radical (unpaired) electrons. The van der Waals surface area contributed by atoms with E-state index in [2.05, 4.69) is 0 Å². The molecule has 0 N–H and O–H groups in total. The lowest BCUT2D eigenvalue weighted by molar-refractivity contribution is 0.0702. The van der Waals surface area contributed by atoms with E-state index in [1.807, 2.05) is 35.2 Å². The van der Waals surface area contributed by atoms with Gasteiger partial charge in [-0.05, 0) is 18.4 Å². The number of amides is 1. The number of benzene rings is 1. The van der Waals surface area contributed by atoms with Crippen LogP contribution in [0.1, 0.15) is 18.4 Å². The Balaban J connectivity index is 1.50. The summed E-state index contributed by atoms with van der Waals surface area (Å²) < 4.78 is 10.8. The molecule has 4 nitrogen and oxygen atoms in total. The molecule has 1 aromatic carbocycles. The Labute approximate surface area is 106 Å². The van der Waals surface area contributed by atoms with Crippen LogP contribution in [0.5, 0.6) is 0 Å². The normalized spacial score (nSPS) is 26.2. The molecule has 0 aromatic heterocycles. The minimum absolute atomic E-state index is 0.175. The summed E-state index contributed by atoms with van der Waals surface area (Å²) in [5.41, 5.74) is 1.16. The summed E-state index contributed by atoms with van der Waals surface area (Å²) in [7, 11) is 0. The molecule has 0 bridgehead atoms. The summed E-state index contributed by atoms with van der Waals surface area (Å²) >= 11 is 0. The van der Waals surface area contributed by atoms with Gasteiger partial charge in [0, 0.05) is 0 Å². The third kappa shape index (κ3) is 2.20. The summed E-state index contributed by atoms with van der Waals surface area (Å²) in [5, 5.41) is 0. The van der Waals surface area contributed by atoms with E-state index in [9.17, 15) is 4.79 Å². The van der Waals surface area contributed by atoms with Crippen LogP contribution >= 0.6 is 0 Å². The van der Waals surface area contributed by atoms with Gasteiger partial charge in [0.1, 0.15) is 6.61 Å². The van der Waals surface area contributed by atoms with Gasteiger partial charge >= 0.3 is 6.09 Å². The number of cyclic esters (lactones) is 1. The van der Waals surface area contributed by atoms with Crippen molar-refractivity contribution >= 4 is 6.09 Å². The zero-order valence-electron chi connectivity index (χ0n) is 10.2. The topological polar surface area (TPSA) is 38.8 Å². The number of carbonyl (C=O) groups excluding carboxylic acids is 1. The SMILES string of the molecule is O=C1OC[C@H]2CC[C@H](COCc3ccccc3)N12. The molecule has 18 heavy (non-hydrogen) atoms. The summed E-state index contributed by atoms with van der Waals surface area (Å²) in [5.74, 6) is 0. The van der Waals surface area contributed by atoms with E-state index in [1.165, 1.54) is 0 Å². The van der Waals surface area contributed by atoms with Crippen LogP contribution in [0.4, 0.5) is 4.79 Å². The van der Waals surface area contributed by atoms with Gasteiger partial charge in [0.15, 0.2) is 0 Å². The van der Waals surface area contributed by atoms with Crippen molar-refractivity contribution in [2.24, 2.45) is 0 Å². The van der Waals surface area contributed by atoms with Crippen molar-refractivity contribution in [1.82, 2.24) is 4.90 Å². The maximum absolute atomic E-state index is 11.5. The maximum Gasteiger partial charge on any atom is 0.410 e. The Hall–Kier alpha value is -1.55. The predicted octanol–water partition coefficient (Wildman–Crippen LogP) is 2.19. The van der Waals surface area contributed by atoms with Crippen LogP contribution in [0, 0.1) is 0 Å². The highest BCUT2D eigenvalue weighted by atomic mass is 16.6. The molecule has 3 rings (SSSR count). The lowest BCUT2D eigenvalue weighted by Crippen LogP contribution is -2.37. The number of carbonyl (C=O) groups is 1. The molecular weight excluding hydrogens is 230 g/mol. The quantitative estimate of drug-likeness (QED) is 0.818. The largest absolute Gasteiger partial charge is 0.447 e. The van der Waals surface area contributed by atoms with E-state index < -0.39 is 0 Å². The average molecular weight is 247 g/mol. The minimum Gasteiger partial charge on any atom is -0.447 e. The van der Waals surface area contributed by atoms with Crippen molar-refractivity contribution in [3.8, 4) is 0 Å². The fourth-order valence-corrected chi connectivity index (χ4v) is 2.72. The van der Waals surface area contributed by atoms with Crippen LogP contribution < -0.4 is 0 Å². The molecule has 2 saturated heterocycles. The van der Waals surface area contributed by atoms with E-state index in [0.29, 0.717) is 19.8 Å². The van der Waals surface area contributed by atoms with Crippen LogP contribution in [0.25, 0.3) is 0 Å². The smallest absolute Gasteiger partial charge is 0.410 e. The fourth-order valence-electron chi connectivity index (χ4n) is 2.72. The van der Waals surface area contributed by atoms with Crippen molar-refractivity contribution in [3.63, 3.8) is 0 Å². The van der Waals surface area contributed by atoms with Gasteiger partial charge in [-0.1, -0.05) is 30.3 Å². The molecule has 1 amide bonds. The minimum atomic E-state index is -0.175. The molecular formula is C14H17NO3. The van der Waals surface area contributed by atoms with Gasteiger partial charge in [0.2, 0.25) is 0 Å². The Bertz CT molecular complexity index is 420. The van der Waals surface area contributed by atoms with Gasteiger partial charge < -0.3 is 9.47 Å². The summed E-state index contributed by atoms with van der Waals surface area (Å²) in [6, 6.07) is 10.6. The first-order valence-corrected chi connectivity index (χ1v) is 6.41. The van der Waals surface area contributed by atoms with Crippen molar-refractivity contribution in [1.29, 1.82) is 0 Å². The number of nitrogens with zero attached hydrogens (tertiary/aromatic N) is 1. The highest BCUT2D eigenvalue weighted by Gasteiger charge is 2.42. The van der Waals surface area contributed by atoms with Crippen molar-refractivity contribution in [2.75, 3.05) is 13.2 Å². The lowest BCUT2D eigenvalue weighted by Gasteiger charge is -2.21. The molecule has 0 spiro atoms. The second kappa shape index (κ2) is 4.98. The molecule has 2 fully saturated rings. The molecule has 2 atom stereocenters. The molecule has 0 saturated carbocycles. The first-order valence-electron chi connectivity index (χ1n) is 6.41. The molecule has 2 aliphatic rings. The van der Waals surface area contributed by atoms with Crippen molar-refractivity contribution < 1.29 is 14.3 Å². The highest BCUT2D eigenvalue weighted by molar-refractivity contribution is 5.71. The molecule has 1 aromatic rings. The summed E-state index contributed by atoms with van der Waals surface area (Å²) in [4.78, 5) is 13.4. The van der Waals surface area contributed by atoms with Crippen LogP contribution in [-0.4, -0.2) is 36.3 Å². The van der Waals surface area contributed by atoms with Gasteiger partial charge in [-0.15, -0.1) is 0 Å². The van der Waals surface area contributed by atoms with Crippen LogP contribution in [0.15, 0.2) is 30.3 Å². The van der Waals surface area contributed by atoms with Crippen molar-refractivity contribution in [2.45, 2.75) is 31.5 Å². The highest BCUT2D eigenvalue weighted by Crippen LogP contribution is 2.29. The summed E-state index contributed by atoms with van der Waals surface area (Å²) in [6.07, 6.45) is 1.88. The second-order valence-electron chi connectivity index (χ2n) is 4.87. The van der Waals surface area contributed by atoms with Crippen LogP contribution in [0.2, 0.25) is 0 Å². The molecule has 96 valence electrons. The van der Waals surface area contributed by atoms with Gasteiger partial charge in [-0.2, -0.15) is 0 Å². The van der Waals surface area contributed by atoms with Gasteiger partial charge in [-0.25, -0.2) is 4.79 Å². The fraction of sp³-hybridized carbons (Fsp3) is 0.500. The van der Waals surface area contributed by atoms with E-state index in [-0.39, 0.29) is 18.2 Å². The van der Waals surface area contributed by atoms with E-state index in [0.717, 1.165) is 18.4 Å². The molecule has 2 aliphatic heterocycles.